The summed E-state index contributed by atoms with van der Waals surface area (Å²) in [6.45, 7) is 3.22. The Balaban J connectivity index is 2.41. The van der Waals surface area contributed by atoms with Gasteiger partial charge in [0.1, 0.15) is 9.84 Å². The van der Waals surface area contributed by atoms with E-state index in [0.717, 1.165) is 10.0 Å². The van der Waals surface area contributed by atoms with E-state index in [1.165, 1.54) is 11.8 Å². The van der Waals surface area contributed by atoms with E-state index in [9.17, 15) is 8.42 Å². The summed E-state index contributed by atoms with van der Waals surface area (Å²) < 4.78 is 22.9. The Morgan fingerprint density at radius 1 is 1.38 bits per heavy atom. The van der Waals surface area contributed by atoms with E-state index >= 15 is 0 Å². The fraction of sp³-hybridized carbons (Fsp3) is 0.455. The second kappa shape index (κ2) is 5.80. The predicted molar refractivity (Wildman–Crippen MR) is 70.3 cm³/mol. The number of nitrogens with one attached hydrogen (secondary N) is 1. The Morgan fingerprint density at radius 3 is 2.62 bits per heavy atom. The molecule has 0 radical (unpaired) electrons. The summed E-state index contributed by atoms with van der Waals surface area (Å²) in [5.74, 6) is 0.183. The van der Waals surface area contributed by atoms with Gasteiger partial charge in [0.15, 0.2) is 0 Å². The lowest BCUT2D eigenvalue weighted by molar-refractivity contribution is 0.596. The smallest absolute Gasteiger partial charge is 0.148 e. The zero-order valence-corrected chi connectivity index (χ0v) is 11.9. The van der Waals surface area contributed by atoms with Crippen LogP contribution < -0.4 is 5.32 Å². The van der Waals surface area contributed by atoms with Gasteiger partial charge in [0.2, 0.25) is 0 Å². The molecule has 0 fully saturated rings. The molecule has 0 spiro atoms. The van der Waals surface area contributed by atoms with Gasteiger partial charge in [-0.05, 0) is 24.1 Å². The first-order valence-corrected chi connectivity index (χ1v) is 7.87. The number of aryl methyl sites for hydroxylation is 1. The van der Waals surface area contributed by atoms with Crippen LogP contribution in [0.1, 0.15) is 11.1 Å². The normalized spacial score (nSPS) is 11.7. The van der Waals surface area contributed by atoms with Crippen LogP contribution in [0.2, 0.25) is 0 Å². The minimum atomic E-state index is -2.86. The monoisotopic (exact) mass is 305 g/mol. The minimum Gasteiger partial charge on any atom is -0.312 e. The number of hydrogen-bond donors (Lipinski definition) is 1. The molecule has 0 aliphatic carbocycles. The fourth-order valence-corrected chi connectivity index (χ4v) is 2.07. The van der Waals surface area contributed by atoms with Crippen LogP contribution >= 0.6 is 15.9 Å². The molecule has 1 aromatic carbocycles. The Kier molecular flexibility index (Phi) is 4.95. The van der Waals surface area contributed by atoms with E-state index in [-0.39, 0.29) is 5.75 Å². The van der Waals surface area contributed by atoms with Crippen LogP contribution in [-0.2, 0) is 16.4 Å². The summed E-state index contributed by atoms with van der Waals surface area (Å²) >= 11 is 3.44. The standard InChI is InChI=1S/C11H16BrNO2S/c1-9-7-10(3-4-11(9)12)8-13-5-6-16(2,14)15/h3-4,7,13H,5-6,8H2,1-2H3. The zero-order valence-electron chi connectivity index (χ0n) is 9.46. The van der Waals surface area contributed by atoms with Gasteiger partial charge in [-0.15, -0.1) is 0 Å². The second-order valence-electron chi connectivity index (χ2n) is 3.89. The lowest BCUT2D eigenvalue weighted by atomic mass is 10.1. The maximum absolute atomic E-state index is 10.9. The summed E-state index contributed by atoms with van der Waals surface area (Å²) in [5.41, 5.74) is 2.34. The molecule has 0 heterocycles. The average molecular weight is 306 g/mol. The molecule has 0 aliphatic heterocycles. The van der Waals surface area contributed by atoms with E-state index in [4.69, 9.17) is 0 Å². The van der Waals surface area contributed by atoms with Crippen LogP contribution in [0, 0.1) is 6.92 Å². The summed E-state index contributed by atoms with van der Waals surface area (Å²) in [6, 6.07) is 6.10. The molecule has 0 aromatic heterocycles. The molecule has 0 bridgehead atoms. The van der Waals surface area contributed by atoms with E-state index in [2.05, 4.69) is 27.3 Å². The summed E-state index contributed by atoms with van der Waals surface area (Å²) in [6.07, 6.45) is 1.25. The number of benzene rings is 1. The summed E-state index contributed by atoms with van der Waals surface area (Å²) in [4.78, 5) is 0. The first-order chi connectivity index (χ1) is 7.38. The fourth-order valence-electron chi connectivity index (χ4n) is 1.31. The molecule has 1 N–H and O–H groups in total. The quantitative estimate of drug-likeness (QED) is 0.845. The van der Waals surface area contributed by atoms with Crippen molar-refractivity contribution in [2.24, 2.45) is 0 Å². The largest absolute Gasteiger partial charge is 0.312 e. The van der Waals surface area contributed by atoms with Crippen LogP contribution in [0.15, 0.2) is 22.7 Å². The van der Waals surface area contributed by atoms with Crippen molar-refractivity contribution in [3.63, 3.8) is 0 Å². The van der Waals surface area contributed by atoms with Crippen molar-refractivity contribution in [3.05, 3.63) is 33.8 Å². The molecule has 0 aliphatic rings. The number of rotatable bonds is 5. The molecule has 90 valence electrons. The van der Waals surface area contributed by atoms with Crippen LogP contribution in [0.5, 0.6) is 0 Å². The van der Waals surface area contributed by atoms with Crippen LogP contribution in [0.25, 0.3) is 0 Å². The van der Waals surface area contributed by atoms with Crippen molar-refractivity contribution in [1.82, 2.24) is 5.32 Å². The third-order valence-corrected chi connectivity index (χ3v) is 4.04. The van der Waals surface area contributed by atoms with Gasteiger partial charge in [0, 0.05) is 23.8 Å². The van der Waals surface area contributed by atoms with Crippen molar-refractivity contribution < 1.29 is 8.42 Å². The third kappa shape index (κ3) is 5.09. The molecular formula is C11H16BrNO2S. The molecule has 1 rings (SSSR count). The van der Waals surface area contributed by atoms with E-state index < -0.39 is 9.84 Å². The maximum atomic E-state index is 10.9. The molecule has 0 unspecified atom stereocenters. The molecule has 1 aromatic rings. The Hall–Kier alpha value is -0.390. The highest BCUT2D eigenvalue weighted by Crippen LogP contribution is 2.16. The predicted octanol–water partition coefficient (Wildman–Crippen LogP) is 1.89. The highest BCUT2D eigenvalue weighted by Gasteiger charge is 2.01. The summed E-state index contributed by atoms with van der Waals surface area (Å²) in [7, 11) is -2.86. The van der Waals surface area contributed by atoms with Crippen LogP contribution in [0.4, 0.5) is 0 Å². The molecular weight excluding hydrogens is 290 g/mol. The van der Waals surface area contributed by atoms with Crippen LogP contribution in [0.3, 0.4) is 0 Å². The lowest BCUT2D eigenvalue weighted by Crippen LogP contribution is -2.21. The number of hydrogen-bond acceptors (Lipinski definition) is 3. The average Bonchev–Trinajstić information content (AvgIpc) is 2.17. The maximum Gasteiger partial charge on any atom is 0.148 e. The highest BCUT2D eigenvalue weighted by molar-refractivity contribution is 9.10. The number of halogens is 1. The van der Waals surface area contributed by atoms with Gasteiger partial charge in [-0.25, -0.2) is 8.42 Å². The van der Waals surface area contributed by atoms with Gasteiger partial charge in [0.05, 0.1) is 5.75 Å². The van der Waals surface area contributed by atoms with Crippen molar-refractivity contribution in [2.45, 2.75) is 13.5 Å². The molecule has 0 atom stereocenters. The van der Waals surface area contributed by atoms with Crippen molar-refractivity contribution in [3.8, 4) is 0 Å². The van der Waals surface area contributed by atoms with Gasteiger partial charge in [-0.3, -0.25) is 0 Å². The van der Waals surface area contributed by atoms with E-state index in [0.29, 0.717) is 13.1 Å². The first-order valence-electron chi connectivity index (χ1n) is 5.02. The van der Waals surface area contributed by atoms with Crippen molar-refractivity contribution >= 4 is 25.8 Å². The van der Waals surface area contributed by atoms with Gasteiger partial charge in [-0.1, -0.05) is 28.1 Å². The van der Waals surface area contributed by atoms with Gasteiger partial charge in [0.25, 0.3) is 0 Å². The summed E-state index contributed by atoms with van der Waals surface area (Å²) in [5, 5.41) is 3.11. The molecule has 0 saturated carbocycles. The highest BCUT2D eigenvalue weighted by atomic mass is 79.9. The Bertz CT molecular complexity index is 457. The lowest BCUT2D eigenvalue weighted by Gasteiger charge is -2.06. The topological polar surface area (TPSA) is 46.2 Å². The molecule has 5 heteroatoms. The second-order valence-corrected chi connectivity index (χ2v) is 7.00. The SMILES string of the molecule is Cc1cc(CNCCS(C)(=O)=O)ccc1Br. The first kappa shape index (κ1) is 13.7. The van der Waals surface area contributed by atoms with Crippen molar-refractivity contribution in [1.29, 1.82) is 0 Å². The Labute approximate surface area is 105 Å². The molecule has 3 nitrogen and oxygen atoms in total. The van der Waals surface area contributed by atoms with Crippen LogP contribution in [-0.4, -0.2) is 27.0 Å². The Morgan fingerprint density at radius 2 is 2.06 bits per heavy atom. The van der Waals surface area contributed by atoms with E-state index in [1.807, 2.05) is 19.1 Å². The molecule has 0 saturated heterocycles. The molecule has 0 amide bonds. The van der Waals surface area contributed by atoms with E-state index in [1.54, 1.807) is 0 Å². The number of sulfone groups is 1. The zero-order chi connectivity index (χ0) is 12.2. The van der Waals surface area contributed by atoms with Gasteiger partial charge in [-0.2, -0.15) is 0 Å². The third-order valence-electron chi connectivity index (χ3n) is 2.20. The molecule has 16 heavy (non-hydrogen) atoms. The van der Waals surface area contributed by atoms with Crippen molar-refractivity contribution in [2.75, 3.05) is 18.6 Å². The minimum absolute atomic E-state index is 0.183. The van der Waals surface area contributed by atoms with Gasteiger partial charge < -0.3 is 5.32 Å². The van der Waals surface area contributed by atoms with Gasteiger partial charge >= 0.3 is 0 Å².